The van der Waals surface area contributed by atoms with Crippen LogP contribution in [0.5, 0.6) is 0 Å². The molecule has 0 radical (unpaired) electrons. The maximum absolute atomic E-state index is 12.7. The SMILES string of the molecule is CC1(C(=O)OF)CCCc2c1oc(=O)c1sc(-c3cnn(COCC[Si](C)(C)C)c3)cc21. The van der Waals surface area contributed by atoms with Gasteiger partial charge in [-0.3, -0.25) is 4.94 Å². The summed E-state index contributed by atoms with van der Waals surface area (Å²) in [6.07, 6.45) is 5.30. The van der Waals surface area contributed by atoms with Crippen molar-refractivity contribution in [3.63, 3.8) is 0 Å². The van der Waals surface area contributed by atoms with Crippen LogP contribution in [0.3, 0.4) is 0 Å². The van der Waals surface area contributed by atoms with Crippen LogP contribution in [0, 0.1) is 0 Å². The van der Waals surface area contributed by atoms with E-state index < -0.39 is 25.1 Å². The Labute approximate surface area is 190 Å². The fraction of sp³-hybridized carbons (Fsp3) is 0.500. The first-order valence-corrected chi connectivity index (χ1v) is 15.2. The molecule has 3 aromatic heterocycles. The molecular formula is C22H27FN2O5SSi. The predicted octanol–water partition coefficient (Wildman–Crippen LogP) is 5.05. The van der Waals surface area contributed by atoms with E-state index in [9.17, 15) is 14.1 Å². The lowest BCUT2D eigenvalue weighted by atomic mass is 9.74. The average molecular weight is 479 g/mol. The third-order valence-corrected chi connectivity index (χ3v) is 8.84. The standard InChI is InChI=1S/C22H27FN2O5SSi/c1-22(21(27)30-23)7-5-6-15-16-10-17(31-18(16)20(26)29-19(15)22)14-11-24-25(12-14)13-28-8-9-32(2,3)4/h10-12H,5-9,13H2,1-4H3. The molecule has 3 heterocycles. The van der Waals surface area contributed by atoms with E-state index in [4.69, 9.17) is 9.15 Å². The normalized spacial score (nSPS) is 18.7. The number of aromatic nitrogens is 2. The van der Waals surface area contributed by atoms with Gasteiger partial charge in [0.1, 0.15) is 22.6 Å². The number of carbonyl (C=O) groups excluding carboxylic acids is 1. The summed E-state index contributed by atoms with van der Waals surface area (Å²) in [6, 6.07) is 3.02. The Hall–Kier alpha value is -2.30. The van der Waals surface area contributed by atoms with Gasteiger partial charge in [-0.25, -0.2) is 14.3 Å². The van der Waals surface area contributed by atoms with Crippen molar-refractivity contribution >= 4 is 35.5 Å². The topological polar surface area (TPSA) is 83.6 Å². The van der Waals surface area contributed by atoms with Gasteiger partial charge >= 0.3 is 11.6 Å². The Morgan fingerprint density at radius 1 is 1.41 bits per heavy atom. The molecule has 0 fully saturated rings. The van der Waals surface area contributed by atoms with Gasteiger partial charge in [0.25, 0.3) is 0 Å². The quantitative estimate of drug-likeness (QED) is 0.349. The van der Waals surface area contributed by atoms with Crippen molar-refractivity contribution in [2.24, 2.45) is 0 Å². The Morgan fingerprint density at radius 2 is 2.19 bits per heavy atom. The Kier molecular flexibility index (Phi) is 6.12. The maximum atomic E-state index is 12.7. The Bertz CT molecular complexity index is 1210. The number of thiophene rings is 1. The van der Waals surface area contributed by atoms with E-state index in [2.05, 4.69) is 29.7 Å². The molecule has 0 N–H and O–H groups in total. The summed E-state index contributed by atoms with van der Waals surface area (Å²) in [7, 11) is -1.14. The van der Waals surface area contributed by atoms with Crippen molar-refractivity contribution in [1.29, 1.82) is 0 Å². The second kappa shape index (κ2) is 8.57. The van der Waals surface area contributed by atoms with Crippen molar-refractivity contribution < 1.29 is 23.4 Å². The van der Waals surface area contributed by atoms with Crippen LogP contribution in [0.2, 0.25) is 25.7 Å². The first-order valence-electron chi connectivity index (χ1n) is 10.7. The van der Waals surface area contributed by atoms with E-state index >= 15 is 0 Å². The zero-order valence-electron chi connectivity index (χ0n) is 18.7. The Balaban J connectivity index is 1.63. The van der Waals surface area contributed by atoms with Crippen molar-refractivity contribution in [3.05, 3.63) is 40.2 Å². The lowest BCUT2D eigenvalue weighted by Crippen LogP contribution is -2.37. The molecule has 3 aromatic rings. The molecule has 0 saturated heterocycles. The first-order chi connectivity index (χ1) is 15.1. The van der Waals surface area contributed by atoms with E-state index in [0.29, 0.717) is 37.3 Å². The molecule has 0 bridgehead atoms. The minimum Gasteiger partial charge on any atom is -0.425 e. The number of aryl methyl sites for hydroxylation is 1. The number of carbonyl (C=O) groups is 1. The number of halogens is 1. The molecule has 1 aliphatic carbocycles. The van der Waals surface area contributed by atoms with Gasteiger partial charge in [-0.2, -0.15) is 5.10 Å². The number of ether oxygens (including phenoxy) is 1. The fourth-order valence-electron chi connectivity index (χ4n) is 4.04. The largest absolute Gasteiger partial charge is 0.425 e. The number of nitrogens with zero attached hydrogens (tertiary/aromatic N) is 2. The van der Waals surface area contributed by atoms with Crippen LogP contribution in [-0.4, -0.2) is 30.4 Å². The van der Waals surface area contributed by atoms with E-state index in [1.54, 1.807) is 17.8 Å². The smallest absolute Gasteiger partial charge is 0.362 e. The molecule has 0 aliphatic heterocycles. The molecule has 10 heteroatoms. The fourth-order valence-corrected chi connectivity index (χ4v) is 5.83. The first kappa shape index (κ1) is 22.9. The van der Waals surface area contributed by atoms with Crippen LogP contribution in [-0.2, 0) is 33.0 Å². The van der Waals surface area contributed by atoms with Crippen LogP contribution in [0.25, 0.3) is 20.5 Å². The molecule has 1 atom stereocenters. The molecule has 0 amide bonds. The molecule has 32 heavy (non-hydrogen) atoms. The van der Waals surface area contributed by atoms with Gasteiger partial charge in [0.15, 0.2) is 0 Å². The molecule has 4 rings (SSSR count). The van der Waals surface area contributed by atoms with Gasteiger partial charge in [-0.15, -0.1) is 11.3 Å². The monoisotopic (exact) mass is 478 g/mol. The van der Waals surface area contributed by atoms with Crippen molar-refractivity contribution in [2.45, 2.75) is 64.0 Å². The number of rotatable bonds is 7. The zero-order chi connectivity index (χ0) is 23.1. The number of hydrogen-bond donors (Lipinski definition) is 0. The minimum atomic E-state index is -1.31. The summed E-state index contributed by atoms with van der Waals surface area (Å²) in [5.74, 6) is -0.827. The summed E-state index contributed by atoms with van der Waals surface area (Å²) in [6.45, 7) is 9.56. The lowest BCUT2D eigenvalue weighted by molar-refractivity contribution is -0.192. The molecule has 0 spiro atoms. The second-order valence-electron chi connectivity index (χ2n) is 9.72. The zero-order valence-corrected chi connectivity index (χ0v) is 20.5. The molecule has 1 aliphatic rings. The molecule has 7 nitrogen and oxygen atoms in total. The molecule has 0 aromatic carbocycles. The van der Waals surface area contributed by atoms with Gasteiger partial charge in [0.2, 0.25) is 0 Å². The van der Waals surface area contributed by atoms with Gasteiger partial charge < -0.3 is 9.15 Å². The lowest BCUT2D eigenvalue weighted by Gasteiger charge is -2.30. The van der Waals surface area contributed by atoms with Gasteiger partial charge in [0.05, 0.1) is 6.20 Å². The number of fused-ring (bicyclic) bond motifs is 3. The average Bonchev–Trinajstić information content (AvgIpc) is 3.38. The summed E-state index contributed by atoms with van der Waals surface area (Å²) >= 11 is 1.32. The highest BCUT2D eigenvalue weighted by Crippen LogP contribution is 2.43. The number of hydrogen-bond acceptors (Lipinski definition) is 7. The van der Waals surface area contributed by atoms with Crippen LogP contribution in [0.4, 0.5) is 4.53 Å². The highest BCUT2D eigenvalue weighted by molar-refractivity contribution is 7.22. The van der Waals surface area contributed by atoms with E-state index in [0.717, 1.165) is 27.4 Å². The van der Waals surface area contributed by atoms with Crippen LogP contribution in [0.1, 0.15) is 31.1 Å². The van der Waals surface area contributed by atoms with E-state index in [1.165, 1.54) is 11.3 Å². The Morgan fingerprint density at radius 3 is 2.91 bits per heavy atom. The maximum Gasteiger partial charge on any atom is 0.362 e. The third kappa shape index (κ3) is 4.31. The molecule has 0 saturated carbocycles. The van der Waals surface area contributed by atoms with E-state index in [-0.39, 0.29) is 5.76 Å². The summed E-state index contributed by atoms with van der Waals surface area (Å²) in [5, 5.41) is 5.11. The second-order valence-corrected chi connectivity index (χ2v) is 16.4. The highest BCUT2D eigenvalue weighted by Gasteiger charge is 2.45. The highest BCUT2D eigenvalue weighted by atomic mass is 32.1. The van der Waals surface area contributed by atoms with Crippen molar-refractivity contribution in [2.75, 3.05) is 6.61 Å². The predicted molar refractivity (Wildman–Crippen MR) is 123 cm³/mol. The van der Waals surface area contributed by atoms with Crippen LogP contribution < -0.4 is 5.63 Å². The van der Waals surface area contributed by atoms with Crippen molar-refractivity contribution in [1.82, 2.24) is 9.78 Å². The molecular weight excluding hydrogens is 451 g/mol. The third-order valence-electron chi connectivity index (χ3n) is 5.97. The van der Waals surface area contributed by atoms with Gasteiger partial charge in [0, 0.05) is 46.8 Å². The molecule has 1 unspecified atom stereocenters. The van der Waals surface area contributed by atoms with Crippen LogP contribution >= 0.6 is 11.3 Å². The van der Waals surface area contributed by atoms with E-state index in [1.807, 2.05) is 12.3 Å². The van der Waals surface area contributed by atoms with Gasteiger partial charge in [-0.1, -0.05) is 19.6 Å². The van der Waals surface area contributed by atoms with Crippen molar-refractivity contribution in [3.8, 4) is 10.4 Å². The summed E-state index contributed by atoms with van der Waals surface area (Å²) < 4.78 is 26.3. The molecule has 172 valence electrons. The summed E-state index contributed by atoms with van der Waals surface area (Å²) in [5.41, 5.74) is -0.203. The van der Waals surface area contributed by atoms with Gasteiger partial charge in [-0.05, 0) is 38.3 Å². The van der Waals surface area contributed by atoms with Crippen LogP contribution in [0.15, 0.2) is 27.7 Å². The minimum absolute atomic E-state index is 0.208. The summed E-state index contributed by atoms with van der Waals surface area (Å²) in [4.78, 5) is 29.2.